The van der Waals surface area contributed by atoms with Crippen LogP contribution >= 0.6 is 0 Å². The van der Waals surface area contributed by atoms with Crippen molar-refractivity contribution in [3.63, 3.8) is 0 Å². The fourth-order valence-corrected chi connectivity index (χ4v) is 1.49. The number of carbonyl (C=O) groups excluding carboxylic acids is 1. The van der Waals surface area contributed by atoms with Crippen LogP contribution < -0.4 is 10.6 Å². The maximum absolute atomic E-state index is 11.7. The summed E-state index contributed by atoms with van der Waals surface area (Å²) in [5.74, 6) is 0.102. The van der Waals surface area contributed by atoms with Gasteiger partial charge in [0.25, 0.3) is 0 Å². The quantitative estimate of drug-likeness (QED) is 0.723. The normalized spacial score (nSPS) is 22.5. The van der Waals surface area contributed by atoms with E-state index in [2.05, 4.69) is 17.6 Å². The van der Waals surface area contributed by atoms with E-state index in [-0.39, 0.29) is 17.5 Å². The first-order valence-electron chi connectivity index (χ1n) is 5.65. The summed E-state index contributed by atoms with van der Waals surface area (Å²) < 4.78 is 5.30. The van der Waals surface area contributed by atoms with Gasteiger partial charge in [0.1, 0.15) is 0 Å². The van der Waals surface area contributed by atoms with Gasteiger partial charge >= 0.3 is 0 Å². The SMILES string of the molecule is CCC(C)(C)NC(=O)CC1COCCN1. The average Bonchev–Trinajstić information content (AvgIpc) is 2.18. The van der Waals surface area contributed by atoms with Crippen LogP contribution in [-0.2, 0) is 9.53 Å². The van der Waals surface area contributed by atoms with Gasteiger partial charge in [-0.15, -0.1) is 0 Å². The molecule has 1 amide bonds. The number of amides is 1. The monoisotopic (exact) mass is 214 g/mol. The van der Waals surface area contributed by atoms with Crippen molar-refractivity contribution in [2.24, 2.45) is 0 Å². The lowest BCUT2D eigenvalue weighted by Crippen LogP contribution is -2.48. The Hall–Kier alpha value is -0.610. The molecule has 0 saturated carbocycles. The first-order chi connectivity index (χ1) is 7.03. The van der Waals surface area contributed by atoms with Crippen LogP contribution in [0.15, 0.2) is 0 Å². The summed E-state index contributed by atoms with van der Waals surface area (Å²) in [6.07, 6.45) is 1.44. The summed E-state index contributed by atoms with van der Waals surface area (Å²) in [5, 5.41) is 6.29. The fraction of sp³-hybridized carbons (Fsp3) is 0.909. The van der Waals surface area contributed by atoms with Gasteiger partial charge in [-0.25, -0.2) is 0 Å². The predicted molar refractivity (Wildman–Crippen MR) is 59.7 cm³/mol. The minimum Gasteiger partial charge on any atom is -0.378 e. The molecule has 1 aliphatic heterocycles. The molecular formula is C11H22N2O2. The zero-order valence-corrected chi connectivity index (χ0v) is 9.93. The van der Waals surface area contributed by atoms with Crippen LogP contribution in [0.25, 0.3) is 0 Å². The van der Waals surface area contributed by atoms with Gasteiger partial charge in [-0.2, -0.15) is 0 Å². The van der Waals surface area contributed by atoms with Crippen LogP contribution in [0.2, 0.25) is 0 Å². The Kier molecular flexibility index (Phi) is 4.54. The van der Waals surface area contributed by atoms with Gasteiger partial charge in [0.2, 0.25) is 5.91 Å². The van der Waals surface area contributed by atoms with Crippen molar-refractivity contribution >= 4 is 5.91 Å². The molecule has 0 aromatic rings. The maximum Gasteiger partial charge on any atom is 0.222 e. The number of rotatable bonds is 4. The Morgan fingerprint density at radius 1 is 1.60 bits per heavy atom. The van der Waals surface area contributed by atoms with Gasteiger partial charge in [-0.3, -0.25) is 4.79 Å². The molecule has 0 aliphatic carbocycles. The van der Waals surface area contributed by atoms with E-state index >= 15 is 0 Å². The molecule has 0 spiro atoms. The van der Waals surface area contributed by atoms with E-state index in [4.69, 9.17) is 4.74 Å². The third-order valence-electron chi connectivity index (χ3n) is 2.79. The molecular weight excluding hydrogens is 192 g/mol. The molecule has 0 radical (unpaired) electrons. The summed E-state index contributed by atoms with van der Waals surface area (Å²) in [5.41, 5.74) is -0.105. The highest BCUT2D eigenvalue weighted by Crippen LogP contribution is 2.08. The smallest absolute Gasteiger partial charge is 0.222 e. The van der Waals surface area contributed by atoms with Crippen LogP contribution in [0.3, 0.4) is 0 Å². The van der Waals surface area contributed by atoms with Gasteiger partial charge in [0, 0.05) is 24.5 Å². The van der Waals surface area contributed by atoms with E-state index in [0.29, 0.717) is 13.0 Å². The number of hydrogen-bond donors (Lipinski definition) is 2. The van der Waals surface area contributed by atoms with E-state index < -0.39 is 0 Å². The molecule has 88 valence electrons. The standard InChI is InChI=1S/C11H22N2O2/c1-4-11(2,3)13-10(14)7-9-8-15-6-5-12-9/h9,12H,4-8H2,1-3H3,(H,13,14). The lowest BCUT2D eigenvalue weighted by Gasteiger charge is -2.27. The lowest BCUT2D eigenvalue weighted by molar-refractivity contribution is -0.123. The van der Waals surface area contributed by atoms with Crippen molar-refractivity contribution in [3.05, 3.63) is 0 Å². The van der Waals surface area contributed by atoms with Gasteiger partial charge in [0.15, 0.2) is 0 Å². The zero-order chi connectivity index (χ0) is 11.3. The number of carbonyl (C=O) groups is 1. The number of ether oxygens (including phenoxy) is 1. The van der Waals surface area contributed by atoms with Gasteiger partial charge < -0.3 is 15.4 Å². The Morgan fingerprint density at radius 3 is 2.87 bits per heavy atom. The molecule has 1 heterocycles. The minimum atomic E-state index is -0.105. The van der Waals surface area contributed by atoms with Crippen LogP contribution in [0.4, 0.5) is 0 Å². The second kappa shape index (κ2) is 5.47. The highest BCUT2D eigenvalue weighted by atomic mass is 16.5. The third-order valence-corrected chi connectivity index (χ3v) is 2.79. The molecule has 0 aromatic carbocycles. The molecule has 4 heteroatoms. The summed E-state index contributed by atoms with van der Waals surface area (Å²) in [6, 6.07) is 0.173. The van der Waals surface area contributed by atoms with E-state index in [1.165, 1.54) is 0 Å². The largest absolute Gasteiger partial charge is 0.378 e. The molecule has 1 saturated heterocycles. The van der Waals surface area contributed by atoms with Crippen LogP contribution in [0.1, 0.15) is 33.6 Å². The molecule has 1 atom stereocenters. The Labute approximate surface area is 91.8 Å². The molecule has 0 bridgehead atoms. The van der Waals surface area contributed by atoms with Crippen molar-refractivity contribution in [3.8, 4) is 0 Å². The molecule has 1 unspecified atom stereocenters. The first-order valence-corrected chi connectivity index (χ1v) is 5.65. The highest BCUT2D eigenvalue weighted by molar-refractivity contribution is 5.77. The van der Waals surface area contributed by atoms with Crippen LogP contribution in [0, 0.1) is 0 Å². The highest BCUT2D eigenvalue weighted by Gasteiger charge is 2.21. The van der Waals surface area contributed by atoms with Crippen LogP contribution in [0.5, 0.6) is 0 Å². The van der Waals surface area contributed by atoms with Crippen molar-refractivity contribution in [2.45, 2.75) is 45.2 Å². The predicted octanol–water partition coefficient (Wildman–Crippen LogP) is 0.670. The Morgan fingerprint density at radius 2 is 2.33 bits per heavy atom. The van der Waals surface area contributed by atoms with Gasteiger partial charge in [-0.05, 0) is 20.3 Å². The van der Waals surface area contributed by atoms with Crippen molar-refractivity contribution < 1.29 is 9.53 Å². The topological polar surface area (TPSA) is 50.4 Å². The fourth-order valence-electron chi connectivity index (χ4n) is 1.49. The summed E-state index contributed by atoms with van der Waals surface area (Å²) in [7, 11) is 0. The summed E-state index contributed by atoms with van der Waals surface area (Å²) in [4.78, 5) is 11.7. The lowest BCUT2D eigenvalue weighted by atomic mass is 10.0. The summed E-state index contributed by atoms with van der Waals surface area (Å²) in [6.45, 7) is 8.38. The molecule has 1 rings (SSSR count). The van der Waals surface area contributed by atoms with Crippen molar-refractivity contribution in [1.29, 1.82) is 0 Å². The number of morpholine rings is 1. The Bertz CT molecular complexity index is 211. The first kappa shape index (κ1) is 12.5. The van der Waals surface area contributed by atoms with E-state index in [9.17, 15) is 4.79 Å². The second-order valence-corrected chi connectivity index (χ2v) is 4.72. The molecule has 1 fully saturated rings. The zero-order valence-electron chi connectivity index (χ0n) is 9.93. The number of nitrogens with one attached hydrogen (secondary N) is 2. The molecule has 0 aromatic heterocycles. The van der Waals surface area contributed by atoms with E-state index in [0.717, 1.165) is 19.6 Å². The van der Waals surface area contributed by atoms with E-state index in [1.807, 2.05) is 13.8 Å². The van der Waals surface area contributed by atoms with Crippen molar-refractivity contribution in [2.75, 3.05) is 19.8 Å². The Balaban J connectivity index is 2.28. The summed E-state index contributed by atoms with van der Waals surface area (Å²) >= 11 is 0. The van der Waals surface area contributed by atoms with Crippen molar-refractivity contribution in [1.82, 2.24) is 10.6 Å². The van der Waals surface area contributed by atoms with Gasteiger partial charge in [-0.1, -0.05) is 6.92 Å². The molecule has 1 aliphatic rings. The molecule has 15 heavy (non-hydrogen) atoms. The molecule has 2 N–H and O–H groups in total. The average molecular weight is 214 g/mol. The number of hydrogen-bond acceptors (Lipinski definition) is 3. The maximum atomic E-state index is 11.7. The van der Waals surface area contributed by atoms with Crippen LogP contribution in [-0.4, -0.2) is 37.2 Å². The van der Waals surface area contributed by atoms with Gasteiger partial charge in [0.05, 0.1) is 13.2 Å². The minimum absolute atomic E-state index is 0.102. The molecule has 4 nitrogen and oxygen atoms in total. The van der Waals surface area contributed by atoms with E-state index in [1.54, 1.807) is 0 Å². The third kappa shape index (κ3) is 4.62. The second-order valence-electron chi connectivity index (χ2n) is 4.72.